The van der Waals surface area contributed by atoms with Crippen molar-refractivity contribution >= 4 is 29.8 Å². The molecule has 14 heteroatoms. The van der Waals surface area contributed by atoms with E-state index < -0.39 is 18.0 Å². The Morgan fingerprint density at radius 3 is 2.76 bits per heavy atom. The monoisotopic (exact) mass is 471 g/mol. The van der Waals surface area contributed by atoms with Crippen molar-refractivity contribution in [3.63, 3.8) is 0 Å². The van der Waals surface area contributed by atoms with E-state index in [0.717, 1.165) is 37.5 Å². The predicted octanol–water partition coefficient (Wildman–Crippen LogP) is 2.23. The number of amides is 1. The first kappa shape index (κ1) is 23.1. The van der Waals surface area contributed by atoms with Gasteiger partial charge in [-0.05, 0) is 32.6 Å². The van der Waals surface area contributed by atoms with E-state index in [0.29, 0.717) is 30.7 Å². The Balaban J connectivity index is 1.57. The number of nitrogens with one attached hydrogen (secondary N) is 4. The standard InChI is InChI=1S/C20H26FN11O2/c1-11-6-15(31-30-11)26-18-27-17(25-12(2)16-22-8-14(21)9-23-16)28-19(29-18)32-5-3-4-13(10-32)7-24-20(33)34/h6,8-9,12-13,24H,3-5,7,10H2,1-2H3,(H,33,34)(H3,25,26,27,28,29,30,31)/t12-,13-/m0/s1. The van der Waals surface area contributed by atoms with E-state index >= 15 is 0 Å². The van der Waals surface area contributed by atoms with Gasteiger partial charge in [0, 0.05) is 31.4 Å². The molecule has 1 saturated heterocycles. The Kier molecular flexibility index (Phi) is 6.94. The molecule has 2 atom stereocenters. The molecule has 0 radical (unpaired) electrons. The Bertz CT molecular complexity index is 1120. The van der Waals surface area contributed by atoms with Crippen molar-refractivity contribution < 1.29 is 14.3 Å². The van der Waals surface area contributed by atoms with Gasteiger partial charge in [-0.3, -0.25) is 5.10 Å². The molecule has 1 aliphatic rings. The van der Waals surface area contributed by atoms with Gasteiger partial charge in [-0.1, -0.05) is 0 Å². The molecule has 34 heavy (non-hydrogen) atoms. The van der Waals surface area contributed by atoms with Crippen molar-refractivity contribution in [1.82, 2.24) is 40.4 Å². The van der Waals surface area contributed by atoms with Crippen LogP contribution in [0.5, 0.6) is 0 Å². The fourth-order valence-corrected chi connectivity index (χ4v) is 3.67. The zero-order valence-corrected chi connectivity index (χ0v) is 18.8. The van der Waals surface area contributed by atoms with Crippen LogP contribution in [-0.2, 0) is 0 Å². The van der Waals surface area contributed by atoms with Gasteiger partial charge in [0.1, 0.15) is 5.82 Å². The van der Waals surface area contributed by atoms with Crippen molar-refractivity contribution in [1.29, 1.82) is 0 Å². The van der Waals surface area contributed by atoms with E-state index in [2.05, 4.69) is 51.1 Å². The van der Waals surface area contributed by atoms with Gasteiger partial charge >= 0.3 is 6.09 Å². The first-order chi connectivity index (χ1) is 16.4. The van der Waals surface area contributed by atoms with Crippen molar-refractivity contribution in [2.75, 3.05) is 35.2 Å². The third-order valence-corrected chi connectivity index (χ3v) is 5.29. The van der Waals surface area contributed by atoms with E-state index in [4.69, 9.17) is 5.11 Å². The summed E-state index contributed by atoms with van der Waals surface area (Å²) < 4.78 is 13.2. The highest BCUT2D eigenvalue weighted by molar-refractivity contribution is 5.64. The molecular weight excluding hydrogens is 445 g/mol. The van der Waals surface area contributed by atoms with Gasteiger partial charge < -0.3 is 26.0 Å². The quantitative estimate of drug-likeness (QED) is 0.326. The molecule has 0 spiro atoms. The fraction of sp³-hybridized carbons (Fsp3) is 0.450. The number of hydrogen-bond donors (Lipinski definition) is 5. The van der Waals surface area contributed by atoms with Gasteiger partial charge in [-0.15, -0.1) is 0 Å². The number of rotatable bonds is 8. The molecule has 4 rings (SSSR count). The fourth-order valence-electron chi connectivity index (χ4n) is 3.67. The number of piperidine rings is 1. The van der Waals surface area contributed by atoms with Crippen LogP contribution in [-0.4, -0.2) is 66.0 Å². The highest BCUT2D eigenvalue weighted by Crippen LogP contribution is 2.24. The smallest absolute Gasteiger partial charge is 0.404 e. The van der Waals surface area contributed by atoms with Crippen molar-refractivity contribution in [3.8, 4) is 0 Å². The summed E-state index contributed by atoms with van der Waals surface area (Å²) in [6.07, 6.45) is 2.95. The number of aromatic nitrogens is 7. The molecule has 4 heterocycles. The molecule has 13 nitrogen and oxygen atoms in total. The molecular formula is C20H26FN11O2. The van der Waals surface area contributed by atoms with Crippen molar-refractivity contribution in [2.45, 2.75) is 32.7 Å². The number of carbonyl (C=O) groups is 1. The van der Waals surface area contributed by atoms with Crippen molar-refractivity contribution in [2.24, 2.45) is 5.92 Å². The number of anilines is 4. The lowest BCUT2D eigenvalue weighted by atomic mass is 9.98. The normalized spacial score (nSPS) is 16.7. The molecule has 5 N–H and O–H groups in total. The van der Waals surface area contributed by atoms with Crippen LogP contribution in [0.2, 0.25) is 0 Å². The second-order valence-corrected chi connectivity index (χ2v) is 8.11. The summed E-state index contributed by atoms with van der Waals surface area (Å²) in [4.78, 5) is 34.5. The van der Waals surface area contributed by atoms with Crippen LogP contribution in [0.4, 0.5) is 32.8 Å². The Hall–Kier alpha value is -4.10. The van der Waals surface area contributed by atoms with E-state index in [-0.39, 0.29) is 17.8 Å². The van der Waals surface area contributed by atoms with Crippen LogP contribution >= 0.6 is 0 Å². The van der Waals surface area contributed by atoms with Gasteiger partial charge in [-0.2, -0.15) is 20.1 Å². The maximum Gasteiger partial charge on any atom is 0.404 e. The zero-order chi connectivity index (χ0) is 24.1. The van der Waals surface area contributed by atoms with E-state index in [1.165, 1.54) is 0 Å². The number of hydrogen-bond acceptors (Lipinski definition) is 10. The Morgan fingerprint density at radius 2 is 2.06 bits per heavy atom. The predicted molar refractivity (Wildman–Crippen MR) is 121 cm³/mol. The topological polar surface area (TPSA) is 170 Å². The number of H-pyrrole nitrogens is 1. The van der Waals surface area contributed by atoms with Crippen LogP contribution in [0.25, 0.3) is 0 Å². The molecule has 0 saturated carbocycles. The summed E-state index contributed by atoms with van der Waals surface area (Å²) >= 11 is 0. The number of aryl methyl sites for hydroxylation is 1. The molecule has 180 valence electrons. The van der Waals surface area contributed by atoms with E-state index in [9.17, 15) is 9.18 Å². The highest BCUT2D eigenvalue weighted by atomic mass is 19.1. The summed E-state index contributed by atoms with van der Waals surface area (Å²) in [5.41, 5.74) is 0.877. The average molecular weight is 472 g/mol. The van der Waals surface area contributed by atoms with Gasteiger partial charge in [0.15, 0.2) is 11.6 Å². The van der Waals surface area contributed by atoms with Crippen LogP contribution in [0.15, 0.2) is 18.5 Å². The van der Waals surface area contributed by atoms with Gasteiger partial charge in [-0.25, -0.2) is 19.2 Å². The van der Waals surface area contributed by atoms with Crippen LogP contribution in [0.1, 0.15) is 37.3 Å². The Labute approximate surface area is 194 Å². The minimum Gasteiger partial charge on any atom is -0.465 e. The number of nitrogens with zero attached hydrogens (tertiary/aromatic N) is 7. The summed E-state index contributed by atoms with van der Waals surface area (Å²) in [6, 6.07) is 1.42. The second-order valence-electron chi connectivity index (χ2n) is 8.11. The largest absolute Gasteiger partial charge is 0.465 e. The Morgan fingerprint density at radius 1 is 1.29 bits per heavy atom. The summed E-state index contributed by atoms with van der Waals surface area (Å²) in [5, 5.41) is 24.6. The van der Waals surface area contributed by atoms with Crippen molar-refractivity contribution in [3.05, 3.63) is 35.8 Å². The second kappa shape index (κ2) is 10.2. The van der Waals surface area contributed by atoms with E-state index in [1.807, 2.05) is 24.8 Å². The average Bonchev–Trinajstić information content (AvgIpc) is 3.22. The summed E-state index contributed by atoms with van der Waals surface area (Å²) in [7, 11) is 0. The minimum atomic E-state index is -1.04. The maximum absolute atomic E-state index is 13.2. The SMILES string of the molecule is Cc1cc(Nc2nc(N[C@@H](C)c3ncc(F)cn3)nc(N3CCC[C@@H](CNC(=O)O)C3)n2)n[nH]1. The molecule has 0 unspecified atom stereocenters. The zero-order valence-electron chi connectivity index (χ0n) is 18.8. The first-order valence-electron chi connectivity index (χ1n) is 10.9. The molecule has 3 aromatic heterocycles. The molecule has 0 aromatic carbocycles. The molecule has 0 bridgehead atoms. The van der Waals surface area contributed by atoms with Crippen LogP contribution in [0, 0.1) is 18.7 Å². The lowest BCUT2D eigenvalue weighted by molar-refractivity contribution is 0.191. The summed E-state index contributed by atoms with van der Waals surface area (Å²) in [6.45, 7) is 5.38. The third kappa shape index (κ3) is 6.02. The van der Waals surface area contributed by atoms with Crippen LogP contribution in [0.3, 0.4) is 0 Å². The van der Waals surface area contributed by atoms with Gasteiger partial charge in [0.2, 0.25) is 17.8 Å². The minimum absolute atomic E-state index is 0.134. The van der Waals surface area contributed by atoms with Crippen LogP contribution < -0.4 is 20.9 Å². The molecule has 1 aliphatic heterocycles. The molecule has 3 aromatic rings. The first-order valence-corrected chi connectivity index (χ1v) is 10.9. The molecule has 1 fully saturated rings. The number of halogens is 1. The van der Waals surface area contributed by atoms with Gasteiger partial charge in [0.25, 0.3) is 0 Å². The highest BCUT2D eigenvalue weighted by Gasteiger charge is 2.24. The number of carboxylic acid groups (broad SMARTS) is 1. The van der Waals surface area contributed by atoms with Gasteiger partial charge in [0.05, 0.1) is 18.4 Å². The number of aromatic amines is 1. The van der Waals surface area contributed by atoms with E-state index in [1.54, 1.807) is 0 Å². The lowest BCUT2D eigenvalue weighted by Crippen LogP contribution is -2.41. The third-order valence-electron chi connectivity index (χ3n) is 5.29. The summed E-state index contributed by atoms with van der Waals surface area (Å²) in [5.74, 6) is 1.57. The molecule has 1 amide bonds. The lowest BCUT2D eigenvalue weighted by Gasteiger charge is -2.32. The molecule has 0 aliphatic carbocycles. The maximum atomic E-state index is 13.2.